The Morgan fingerprint density at radius 1 is 1.77 bits per heavy atom. The molecule has 1 unspecified atom stereocenters. The van der Waals surface area contributed by atoms with Crippen molar-refractivity contribution in [3.63, 3.8) is 0 Å². The van der Waals surface area contributed by atoms with E-state index in [0.717, 1.165) is 18.1 Å². The Kier molecular flexibility index (Phi) is 2.41. The molecule has 1 aromatic rings. The van der Waals surface area contributed by atoms with Gasteiger partial charge in [-0.3, -0.25) is 14.4 Å². The van der Waals surface area contributed by atoms with E-state index < -0.39 is 5.76 Å². The SMILES string of the molecule is CN1CCSCC1c1noc(=O)[nH]1. The van der Waals surface area contributed by atoms with Gasteiger partial charge in [0.05, 0.1) is 6.04 Å². The molecule has 0 aliphatic carbocycles. The van der Waals surface area contributed by atoms with E-state index in [4.69, 9.17) is 0 Å². The number of aromatic amines is 1. The smallest absolute Gasteiger partial charge is 0.296 e. The van der Waals surface area contributed by atoms with Gasteiger partial charge in [0.2, 0.25) is 0 Å². The van der Waals surface area contributed by atoms with Crippen molar-refractivity contribution in [1.82, 2.24) is 15.0 Å². The minimum Gasteiger partial charge on any atom is -0.296 e. The molecule has 13 heavy (non-hydrogen) atoms. The summed E-state index contributed by atoms with van der Waals surface area (Å²) < 4.78 is 4.47. The Morgan fingerprint density at radius 3 is 3.23 bits per heavy atom. The van der Waals surface area contributed by atoms with Crippen molar-refractivity contribution in [1.29, 1.82) is 0 Å². The average molecular weight is 201 g/mol. The highest BCUT2D eigenvalue weighted by atomic mass is 32.2. The topological polar surface area (TPSA) is 62.1 Å². The molecule has 0 spiro atoms. The Hall–Kier alpha value is -0.750. The number of hydrogen-bond acceptors (Lipinski definition) is 5. The molecule has 0 amide bonds. The predicted molar refractivity (Wildman–Crippen MR) is 49.8 cm³/mol. The van der Waals surface area contributed by atoms with E-state index >= 15 is 0 Å². The third-order valence-electron chi connectivity index (χ3n) is 2.17. The molecule has 1 saturated heterocycles. The second kappa shape index (κ2) is 3.55. The number of nitrogens with one attached hydrogen (secondary N) is 1. The van der Waals surface area contributed by atoms with Crippen LogP contribution in [0.3, 0.4) is 0 Å². The molecule has 2 rings (SSSR count). The minimum absolute atomic E-state index is 0.185. The quantitative estimate of drug-likeness (QED) is 0.697. The molecule has 1 aromatic heterocycles. The minimum atomic E-state index is -0.473. The van der Waals surface area contributed by atoms with Gasteiger partial charge in [-0.1, -0.05) is 5.16 Å². The monoisotopic (exact) mass is 201 g/mol. The zero-order valence-corrected chi connectivity index (χ0v) is 8.13. The van der Waals surface area contributed by atoms with Crippen molar-refractivity contribution in [2.75, 3.05) is 25.1 Å². The summed E-state index contributed by atoms with van der Waals surface area (Å²) in [5, 5.41) is 3.69. The summed E-state index contributed by atoms with van der Waals surface area (Å²) in [5.74, 6) is 2.26. The fourth-order valence-corrected chi connectivity index (χ4v) is 2.58. The number of hydrogen-bond donors (Lipinski definition) is 1. The lowest BCUT2D eigenvalue weighted by Crippen LogP contribution is -2.33. The second-order valence-electron chi connectivity index (χ2n) is 3.05. The third kappa shape index (κ3) is 1.78. The first-order valence-electron chi connectivity index (χ1n) is 4.11. The fraction of sp³-hybridized carbons (Fsp3) is 0.714. The van der Waals surface area contributed by atoms with Crippen LogP contribution in [0.5, 0.6) is 0 Å². The van der Waals surface area contributed by atoms with Gasteiger partial charge < -0.3 is 0 Å². The molecule has 5 nitrogen and oxygen atoms in total. The van der Waals surface area contributed by atoms with E-state index in [1.807, 2.05) is 18.8 Å². The van der Waals surface area contributed by atoms with E-state index in [2.05, 4.69) is 19.6 Å². The van der Waals surface area contributed by atoms with Gasteiger partial charge in [0, 0.05) is 18.1 Å². The summed E-state index contributed by atoms with van der Waals surface area (Å²) in [5.41, 5.74) is 0. The van der Waals surface area contributed by atoms with Crippen LogP contribution in [0.15, 0.2) is 9.32 Å². The maximum Gasteiger partial charge on any atom is 0.438 e. The second-order valence-corrected chi connectivity index (χ2v) is 4.20. The largest absolute Gasteiger partial charge is 0.438 e. The van der Waals surface area contributed by atoms with E-state index in [-0.39, 0.29) is 6.04 Å². The number of thioether (sulfide) groups is 1. The van der Waals surface area contributed by atoms with Crippen LogP contribution in [0, 0.1) is 0 Å². The highest BCUT2D eigenvalue weighted by Gasteiger charge is 2.24. The van der Waals surface area contributed by atoms with Crippen molar-refractivity contribution in [3.05, 3.63) is 16.4 Å². The standard InChI is InChI=1S/C7H11N3O2S/c1-10-2-3-13-4-5(10)6-8-7(11)12-9-6/h5H,2-4H2,1H3,(H,8,9,11). The van der Waals surface area contributed by atoms with Crippen LogP contribution in [0.4, 0.5) is 0 Å². The van der Waals surface area contributed by atoms with Gasteiger partial charge in [0.1, 0.15) is 0 Å². The van der Waals surface area contributed by atoms with Crippen LogP contribution in [-0.2, 0) is 0 Å². The van der Waals surface area contributed by atoms with Gasteiger partial charge in [-0.25, -0.2) is 4.79 Å². The van der Waals surface area contributed by atoms with Crippen LogP contribution in [0.2, 0.25) is 0 Å². The molecule has 6 heteroatoms. The lowest BCUT2D eigenvalue weighted by Gasteiger charge is -2.29. The Morgan fingerprint density at radius 2 is 2.62 bits per heavy atom. The van der Waals surface area contributed by atoms with Gasteiger partial charge in [-0.15, -0.1) is 0 Å². The zero-order chi connectivity index (χ0) is 9.26. The number of aromatic nitrogens is 2. The highest BCUT2D eigenvalue weighted by molar-refractivity contribution is 7.99. The summed E-state index contributed by atoms with van der Waals surface area (Å²) in [7, 11) is 2.03. The van der Waals surface area contributed by atoms with Crippen LogP contribution in [-0.4, -0.2) is 40.1 Å². The first-order valence-corrected chi connectivity index (χ1v) is 5.27. The molecule has 2 heterocycles. The van der Waals surface area contributed by atoms with E-state index in [1.165, 1.54) is 0 Å². The first kappa shape index (κ1) is 8.83. The first-order chi connectivity index (χ1) is 6.27. The maximum absolute atomic E-state index is 10.7. The summed E-state index contributed by atoms with van der Waals surface area (Å²) in [6.07, 6.45) is 0. The summed E-state index contributed by atoms with van der Waals surface area (Å²) in [6, 6.07) is 0.185. The van der Waals surface area contributed by atoms with Crippen molar-refractivity contribution in [2.45, 2.75) is 6.04 Å². The normalized spacial score (nSPS) is 24.8. The average Bonchev–Trinajstić information content (AvgIpc) is 2.53. The van der Waals surface area contributed by atoms with Crippen LogP contribution in [0.25, 0.3) is 0 Å². The van der Waals surface area contributed by atoms with Crippen molar-refractivity contribution >= 4 is 11.8 Å². The van der Waals surface area contributed by atoms with Crippen molar-refractivity contribution in [3.8, 4) is 0 Å². The van der Waals surface area contributed by atoms with Gasteiger partial charge in [0.25, 0.3) is 0 Å². The van der Waals surface area contributed by atoms with Crippen molar-refractivity contribution < 1.29 is 4.52 Å². The third-order valence-corrected chi connectivity index (χ3v) is 3.19. The predicted octanol–water partition coefficient (Wildman–Crippen LogP) is 0.0826. The molecular formula is C7H11N3O2S. The van der Waals surface area contributed by atoms with E-state index in [1.54, 1.807) is 0 Å². The Balaban J connectivity index is 2.19. The van der Waals surface area contributed by atoms with E-state index in [0.29, 0.717) is 5.82 Å². The maximum atomic E-state index is 10.7. The molecule has 0 radical (unpaired) electrons. The summed E-state index contributed by atoms with van der Waals surface area (Å²) in [4.78, 5) is 15.5. The molecule has 0 aromatic carbocycles. The Labute approximate surface area is 79.5 Å². The number of rotatable bonds is 1. The molecule has 1 aliphatic rings. The lowest BCUT2D eigenvalue weighted by atomic mass is 10.3. The fourth-order valence-electron chi connectivity index (χ4n) is 1.36. The van der Waals surface area contributed by atoms with E-state index in [9.17, 15) is 4.79 Å². The number of H-pyrrole nitrogens is 1. The van der Waals surface area contributed by atoms with Gasteiger partial charge >= 0.3 is 5.76 Å². The van der Waals surface area contributed by atoms with Gasteiger partial charge in [-0.05, 0) is 7.05 Å². The molecular weight excluding hydrogens is 190 g/mol. The summed E-state index contributed by atoms with van der Waals surface area (Å²) in [6.45, 7) is 1.02. The van der Waals surface area contributed by atoms with Gasteiger partial charge in [0.15, 0.2) is 5.82 Å². The van der Waals surface area contributed by atoms with Crippen LogP contribution < -0.4 is 5.76 Å². The molecule has 1 fully saturated rings. The highest BCUT2D eigenvalue weighted by Crippen LogP contribution is 2.24. The molecule has 0 bridgehead atoms. The molecule has 1 atom stereocenters. The molecule has 0 saturated carbocycles. The molecule has 72 valence electrons. The summed E-state index contributed by atoms with van der Waals surface area (Å²) >= 11 is 1.87. The van der Waals surface area contributed by atoms with Crippen molar-refractivity contribution in [2.24, 2.45) is 0 Å². The lowest BCUT2D eigenvalue weighted by molar-refractivity contribution is 0.256. The molecule has 1 aliphatic heterocycles. The van der Waals surface area contributed by atoms with Gasteiger partial charge in [-0.2, -0.15) is 11.8 Å². The van der Waals surface area contributed by atoms with Crippen LogP contribution >= 0.6 is 11.8 Å². The Bertz CT molecular complexity index is 334. The van der Waals surface area contributed by atoms with Crippen LogP contribution in [0.1, 0.15) is 11.9 Å². The zero-order valence-electron chi connectivity index (χ0n) is 7.32. The number of nitrogens with zero attached hydrogens (tertiary/aromatic N) is 2. The molecule has 1 N–H and O–H groups in total.